The third kappa shape index (κ3) is 2.84. The third-order valence-corrected chi connectivity index (χ3v) is 4.68. The van der Waals surface area contributed by atoms with Crippen LogP contribution in [0.5, 0.6) is 0 Å². The van der Waals surface area contributed by atoms with Crippen molar-refractivity contribution in [3.05, 3.63) is 35.9 Å². The Hall–Kier alpha value is -1.06. The van der Waals surface area contributed by atoms with Crippen LogP contribution in [0.2, 0.25) is 0 Å². The number of nitrogens with zero attached hydrogens (tertiary/aromatic N) is 2. The van der Waals surface area contributed by atoms with Crippen LogP contribution in [0.4, 0.5) is 0 Å². The molecule has 1 aromatic rings. The number of hydrogen-bond acceptors (Lipinski definition) is 2. The Balaban J connectivity index is 1.69. The molecule has 0 radical (unpaired) electrons. The van der Waals surface area contributed by atoms with Crippen LogP contribution in [-0.2, 0) is 11.3 Å². The van der Waals surface area contributed by atoms with E-state index >= 15 is 0 Å². The second-order valence-corrected chi connectivity index (χ2v) is 6.12. The van der Waals surface area contributed by atoms with Crippen molar-refractivity contribution in [1.29, 1.82) is 0 Å². The first-order chi connectivity index (χ1) is 9.78. The SMILES string of the molecule is O=C(CCl)N1C2CCCC1CN(Cc1ccccc1)C2. The number of amides is 1. The molecule has 0 spiro atoms. The van der Waals surface area contributed by atoms with Crippen LogP contribution >= 0.6 is 11.6 Å². The molecule has 2 aliphatic heterocycles. The molecule has 2 unspecified atom stereocenters. The van der Waals surface area contributed by atoms with Gasteiger partial charge in [0.15, 0.2) is 0 Å². The minimum absolute atomic E-state index is 0.112. The van der Waals surface area contributed by atoms with E-state index in [9.17, 15) is 4.79 Å². The first-order valence-electron chi connectivity index (χ1n) is 7.41. The van der Waals surface area contributed by atoms with Gasteiger partial charge in [-0.05, 0) is 24.8 Å². The highest BCUT2D eigenvalue weighted by molar-refractivity contribution is 6.27. The molecular weight excluding hydrogens is 272 g/mol. The summed E-state index contributed by atoms with van der Waals surface area (Å²) in [5, 5.41) is 0. The van der Waals surface area contributed by atoms with Gasteiger partial charge in [-0.1, -0.05) is 30.3 Å². The quantitative estimate of drug-likeness (QED) is 0.799. The van der Waals surface area contributed by atoms with Crippen molar-refractivity contribution in [2.24, 2.45) is 0 Å². The molecule has 2 bridgehead atoms. The molecule has 2 fully saturated rings. The number of halogens is 1. The van der Waals surface area contributed by atoms with E-state index in [4.69, 9.17) is 11.6 Å². The third-order valence-electron chi connectivity index (χ3n) is 4.45. The lowest BCUT2D eigenvalue weighted by molar-refractivity contribution is -0.140. The van der Waals surface area contributed by atoms with Gasteiger partial charge in [-0.15, -0.1) is 11.6 Å². The van der Waals surface area contributed by atoms with Crippen molar-refractivity contribution in [2.45, 2.75) is 37.9 Å². The lowest BCUT2D eigenvalue weighted by atomic mass is 9.91. The van der Waals surface area contributed by atoms with Gasteiger partial charge < -0.3 is 4.90 Å². The van der Waals surface area contributed by atoms with Gasteiger partial charge in [0.2, 0.25) is 5.91 Å². The summed E-state index contributed by atoms with van der Waals surface area (Å²) in [4.78, 5) is 16.6. The molecule has 2 aliphatic rings. The second-order valence-electron chi connectivity index (χ2n) is 5.85. The minimum atomic E-state index is 0.112. The molecule has 1 aromatic carbocycles. The molecule has 108 valence electrons. The van der Waals surface area contributed by atoms with Crippen LogP contribution in [0.15, 0.2) is 30.3 Å². The maximum Gasteiger partial charge on any atom is 0.238 e. The Morgan fingerprint density at radius 2 is 1.80 bits per heavy atom. The van der Waals surface area contributed by atoms with Crippen LogP contribution < -0.4 is 0 Å². The normalized spacial score (nSPS) is 26.6. The number of likely N-dealkylation sites (tertiary alicyclic amines) is 1. The second kappa shape index (κ2) is 6.15. The van der Waals surface area contributed by atoms with Crippen LogP contribution in [0, 0.1) is 0 Å². The average Bonchev–Trinajstić information content (AvgIpc) is 2.46. The zero-order valence-electron chi connectivity index (χ0n) is 11.7. The highest BCUT2D eigenvalue weighted by Crippen LogP contribution is 2.29. The molecule has 0 aliphatic carbocycles. The van der Waals surface area contributed by atoms with E-state index in [1.807, 2.05) is 0 Å². The highest BCUT2D eigenvalue weighted by Gasteiger charge is 2.39. The first-order valence-corrected chi connectivity index (χ1v) is 7.95. The summed E-state index contributed by atoms with van der Waals surface area (Å²) >= 11 is 5.76. The number of carbonyl (C=O) groups excluding carboxylic acids is 1. The summed E-state index contributed by atoms with van der Waals surface area (Å²) in [6.45, 7) is 2.94. The number of fused-ring (bicyclic) bond motifs is 2. The fourth-order valence-corrected chi connectivity index (χ4v) is 3.78. The van der Waals surface area contributed by atoms with Crippen LogP contribution in [-0.4, -0.2) is 46.8 Å². The van der Waals surface area contributed by atoms with E-state index in [-0.39, 0.29) is 11.8 Å². The van der Waals surface area contributed by atoms with Gasteiger partial charge >= 0.3 is 0 Å². The standard InChI is InChI=1S/C16H21ClN2O/c17-9-16(20)19-14-7-4-8-15(19)12-18(11-14)10-13-5-2-1-3-6-13/h1-3,5-6,14-15H,4,7-12H2. The Bertz CT molecular complexity index is 451. The zero-order chi connectivity index (χ0) is 13.9. The van der Waals surface area contributed by atoms with Crippen molar-refractivity contribution in [3.8, 4) is 0 Å². The smallest absolute Gasteiger partial charge is 0.238 e. The van der Waals surface area contributed by atoms with E-state index in [0.29, 0.717) is 12.1 Å². The largest absolute Gasteiger partial charge is 0.333 e. The molecule has 3 nitrogen and oxygen atoms in total. The monoisotopic (exact) mass is 292 g/mol. The molecule has 4 heteroatoms. The lowest BCUT2D eigenvalue weighted by Crippen LogP contribution is -2.62. The first kappa shape index (κ1) is 13.9. The van der Waals surface area contributed by atoms with E-state index < -0.39 is 0 Å². The van der Waals surface area contributed by atoms with Gasteiger partial charge in [0, 0.05) is 31.7 Å². The fourth-order valence-electron chi connectivity index (χ4n) is 3.64. The summed E-state index contributed by atoms with van der Waals surface area (Å²) in [6.07, 6.45) is 3.47. The summed E-state index contributed by atoms with van der Waals surface area (Å²) in [7, 11) is 0. The number of rotatable bonds is 3. The summed E-state index contributed by atoms with van der Waals surface area (Å²) in [5.41, 5.74) is 1.35. The van der Waals surface area contributed by atoms with Crippen LogP contribution in [0.25, 0.3) is 0 Å². The van der Waals surface area contributed by atoms with Crippen molar-refractivity contribution in [3.63, 3.8) is 0 Å². The maximum atomic E-state index is 12.0. The lowest BCUT2D eigenvalue weighted by Gasteiger charge is -2.50. The van der Waals surface area contributed by atoms with E-state index in [2.05, 4.69) is 40.1 Å². The fraction of sp³-hybridized carbons (Fsp3) is 0.562. The van der Waals surface area contributed by atoms with E-state index in [1.165, 1.54) is 12.0 Å². The van der Waals surface area contributed by atoms with Crippen molar-refractivity contribution in [2.75, 3.05) is 19.0 Å². The predicted molar refractivity (Wildman–Crippen MR) is 80.7 cm³/mol. The van der Waals surface area contributed by atoms with Gasteiger partial charge in [-0.25, -0.2) is 0 Å². The Morgan fingerprint density at radius 1 is 1.15 bits per heavy atom. The van der Waals surface area contributed by atoms with Crippen molar-refractivity contribution >= 4 is 17.5 Å². The topological polar surface area (TPSA) is 23.6 Å². The minimum Gasteiger partial charge on any atom is -0.333 e. The molecule has 2 saturated heterocycles. The van der Waals surface area contributed by atoms with Gasteiger partial charge in [-0.3, -0.25) is 9.69 Å². The zero-order valence-corrected chi connectivity index (χ0v) is 12.4. The van der Waals surface area contributed by atoms with Gasteiger partial charge in [0.25, 0.3) is 0 Å². The average molecular weight is 293 g/mol. The molecule has 1 amide bonds. The molecule has 0 saturated carbocycles. The van der Waals surface area contributed by atoms with Crippen molar-refractivity contribution < 1.29 is 4.79 Å². The van der Waals surface area contributed by atoms with Gasteiger partial charge in [-0.2, -0.15) is 0 Å². The maximum absolute atomic E-state index is 12.0. The Kier molecular flexibility index (Phi) is 4.27. The van der Waals surface area contributed by atoms with E-state index in [0.717, 1.165) is 32.5 Å². The number of alkyl halides is 1. The predicted octanol–water partition coefficient (Wildman–Crippen LogP) is 2.49. The molecule has 3 rings (SSSR count). The molecule has 0 N–H and O–H groups in total. The molecule has 2 atom stereocenters. The molecule has 0 aromatic heterocycles. The Morgan fingerprint density at radius 3 is 2.40 bits per heavy atom. The highest BCUT2D eigenvalue weighted by atomic mass is 35.5. The Labute approximate surface area is 125 Å². The molecule has 2 heterocycles. The van der Waals surface area contributed by atoms with E-state index in [1.54, 1.807) is 0 Å². The van der Waals surface area contributed by atoms with Gasteiger partial charge in [0.05, 0.1) is 0 Å². The summed E-state index contributed by atoms with van der Waals surface area (Å²) in [5.74, 6) is 0.229. The van der Waals surface area contributed by atoms with Crippen LogP contribution in [0.3, 0.4) is 0 Å². The van der Waals surface area contributed by atoms with Crippen molar-refractivity contribution in [1.82, 2.24) is 9.80 Å². The summed E-state index contributed by atoms with van der Waals surface area (Å²) in [6, 6.07) is 11.3. The number of benzene rings is 1. The number of piperazine rings is 1. The molecular formula is C16H21ClN2O. The van der Waals surface area contributed by atoms with Crippen LogP contribution in [0.1, 0.15) is 24.8 Å². The number of carbonyl (C=O) groups is 1. The number of piperidine rings is 1. The van der Waals surface area contributed by atoms with Gasteiger partial charge in [0.1, 0.15) is 5.88 Å². The summed E-state index contributed by atoms with van der Waals surface area (Å²) < 4.78 is 0. The molecule has 20 heavy (non-hydrogen) atoms. The number of hydrogen-bond donors (Lipinski definition) is 0.